The van der Waals surface area contributed by atoms with Crippen LogP contribution in [0.1, 0.15) is 24.8 Å². The van der Waals surface area contributed by atoms with Gasteiger partial charge in [0, 0.05) is 6.42 Å². The second-order valence-corrected chi connectivity index (χ2v) is 5.30. The number of hydrogen-bond acceptors (Lipinski definition) is 2. The van der Waals surface area contributed by atoms with Gasteiger partial charge in [-0.25, -0.2) is 0 Å². The minimum atomic E-state index is -0.00665. The highest BCUT2D eigenvalue weighted by Gasteiger charge is 2.24. The number of para-hydroxylation sites is 1. The number of Topliss-reactive ketones (excluding diaryl/α,β-unsaturated/α-hetero) is 1. The van der Waals surface area contributed by atoms with Crippen LogP contribution in [0.2, 0.25) is 0 Å². The first-order valence-corrected chi connectivity index (χ1v) is 7.32. The Morgan fingerprint density at radius 3 is 2.29 bits per heavy atom. The van der Waals surface area contributed by atoms with E-state index in [1.807, 2.05) is 66.7 Å². The summed E-state index contributed by atoms with van der Waals surface area (Å²) in [6, 6.07) is 19.7. The molecule has 0 aliphatic heterocycles. The summed E-state index contributed by atoms with van der Waals surface area (Å²) < 4.78 is 5.88. The van der Waals surface area contributed by atoms with E-state index >= 15 is 0 Å². The molecule has 0 radical (unpaired) electrons. The molecule has 1 fully saturated rings. The lowest BCUT2D eigenvalue weighted by molar-refractivity contribution is -0.118. The van der Waals surface area contributed by atoms with Gasteiger partial charge in [-0.2, -0.15) is 0 Å². The number of rotatable bonds is 3. The van der Waals surface area contributed by atoms with Crippen LogP contribution in [0.15, 0.2) is 66.2 Å². The predicted molar refractivity (Wildman–Crippen MR) is 84.1 cm³/mol. The fourth-order valence-corrected chi connectivity index (χ4v) is 2.59. The summed E-state index contributed by atoms with van der Waals surface area (Å²) in [5, 5.41) is 0. The standard InChI is InChI=1S/C19H18O2/c20-19-14-18(21-17-9-5-2-6-10-17)12-11-16(19)13-15-7-3-1-4-8-15/h1-10,13,18H,11-12,14H2. The van der Waals surface area contributed by atoms with Gasteiger partial charge in [0.05, 0.1) is 0 Å². The van der Waals surface area contributed by atoms with Crippen molar-refractivity contribution in [3.63, 3.8) is 0 Å². The lowest BCUT2D eigenvalue weighted by atomic mass is 9.90. The molecule has 21 heavy (non-hydrogen) atoms. The molecule has 1 atom stereocenters. The van der Waals surface area contributed by atoms with Crippen LogP contribution in [-0.4, -0.2) is 11.9 Å². The molecule has 0 bridgehead atoms. The molecule has 1 aliphatic rings. The summed E-state index contributed by atoms with van der Waals surface area (Å²) in [5.74, 6) is 1.04. The third-order valence-electron chi connectivity index (χ3n) is 3.69. The maximum Gasteiger partial charge on any atom is 0.162 e. The fraction of sp³-hybridized carbons (Fsp3) is 0.211. The van der Waals surface area contributed by atoms with E-state index in [2.05, 4.69) is 0 Å². The van der Waals surface area contributed by atoms with E-state index in [1.54, 1.807) is 0 Å². The zero-order valence-corrected chi connectivity index (χ0v) is 11.9. The molecule has 3 rings (SSSR count). The van der Waals surface area contributed by atoms with Gasteiger partial charge in [0.1, 0.15) is 11.9 Å². The van der Waals surface area contributed by atoms with E-state index < -0.39 is 0 Å². The molecule has 2 aromatic carbocycles. The van der Waals surface area contributed by atoms with E-state index in [0.29, 0.717) is 6.42 Å². The lowest BCUT2D eigenvalue weighted by Gasteiger charge is -2.24. The predicted octanol–water partition coefficient (Wildman–Crippen LogP) is 4.27. The van der Waals surface area contributed by atoms with Crippen LogP contribution < -0.4 is 4.74 Å². The van der Waals surface area contributed by atoms with Gasteiger partial charge in [0.15, 0.2) is 5.78 Å². The number of ether oxygens (including phenoxy) is 1. The van der Waals surface area contributed by atoms with Gasteiger partial charge in [0.25, 0.3) is 0 Å². The minimum Gasteiger partial charge on any atom is -0.490 e. The Kier molecular flexibility index (Phi) is 4.15. The molecule has 0 heterocycles. The highest BCUT2D eigenvalue weighted by Crippen LogP contribution is 2.26. The molecule has 0 amide bonds. The second kappa shape index (κ2) is 6.40. The number of hydrogen-bond donors (Lipinski definition) is 0. The van der Waals surface area contributed by atoms with Crippen molar-refractivity contribution in [1.29, 1.82) is 0 Å². The topological polar surface area (TPSA) is 26.3 Å². The Balaban J connectivity index is 1.65. The largest absolute Gasteiger partial charge is 0.490 e. The lowest BCUT2D eigenvalue weighted by Crippen LogP contribution is -2.26. The third-order valence-corrected chi connectivity index (χ3v) is 3.69. The normalized spacial score (nSPS) is 20.5. The number of carbonyl (C=O) groups is 1. The molecular weight excluding hydrogens is 260 g/mol. The first-order chi connectivity index (χ1) is 10.3. The highest BCUT2D eigenvalue weighted by atomic mass is 16.5. The number of ketones is 1. The summed E-state index contributed by atoms with van der Waals surface area (Å²) in [5.41, 5.74) is 2.00. The van der Waals surface area contributed by atoms with Crippen molar-refractivity contribution in [1.82, 2.24) is 0 Å². The van der Waals surface area contributed by atoms with Crippen LogP contribution in [0.5, 0.6) is 5.75 Å². The maximum atomic E-state index is 12.3. The van der Waals surface area contributed by atoms with E-state index in [1.165, 1.54) is 0 Å². The fourth-order valence-electron chi connectivity index (χ4n) is 2.59. The molecule has 2 aromatic rings. The van der Waals surface area contributed by atoms with Gasteiger partial charge in [-0.05, 0) is 42.2 Å². The summed E-state index contributed by atoms with van der Waals surface area (Å²) in [7, 11) is 0. The molecule has 2 nitrogen and oxygen atoms in total. The van der Waals surface area contributed by atoms with Gasteiger partial charge < -0.3 is 4.74 Å². The van der Waals surface area contributed by atoms with E-state index in [4.69, 9.17) is 4.74 Å². The van der Waals surface area contributed by atoms with Crippen LogP contribution in [0, 0.1) is 0 Å². The van der Waals surface area contributed by atoms with Gasteiger partial charge in [0.2, 0.25) is 0 Å². The zero-order chi connectivity index (χ0) is 14.5. The monoisotopic (exact) mass is 278 g/mol. The summed E-state index contributed by atoms with van der Waals surface area (Å²) >= 11 is 0. The summed E-state index contributed by atoms with van der Waals surface area (Å²) in [6.07, 6.45) is 4.13. The molecule has 0 saturated heterocycles. The molecule has 2 heteroatoms. The smallest absolute Gasteiger partial charge is 0.162 e. The van der Waals surface area contributed by atoms with Gasteiger partial charge in [-0.1, -0.05) is 48.5 Å². The third kappa shape index (κ3) is 3.60. The van der Waals surface area contributed by atoms with Crippen molar-refractivity contribution >= 4 is 11.9 Å². The first-order valence-electron chi connectivity index (χ1n) is 7.32. The number of carbonyl (C=O) groups excluding carboxylic acids is 1. The van der Waals surface area contributed by atoms with Crippen molar-refractivity contribution < 1.29 is 9.53 Å². The average Bonchev–Trinajstić information content (AvgIpc) is 2.52. The van der Waals surface area contributed by atoms with E-state index in [9.17, 15) is 4.79 Å². The summed E-state index contributed by atoms with van der Waals surface area (Å²) in [6.45, 7) is 0. The number of allylic oxidation sites excluding steroid dienone is 1. The summed E-state index contributed by atoms with van der Waals surface area (Å²) in [4.78, 5) is 12.3. The average molecular weight is 278 g/mol. The molecule has 1 aliphatic carbocycles. The van der Waals surface area contributed by atoms with Crippen LogP contribution in [-0.2, 0) is 4.79 Å². The molecule has 106 valence electrons. The van der Waals surface area contributed by atoms with Crippen LogP contribution in [0.4, 0.5) is 0 Å². The van der Waals surface area contributed by atoms with Crippen molar-refractivity contribution in [3.05, 3.63) is 71.8 Å². The van der Waals surface area contributed by atoms with Crippen molar-refractivity contribution in [2.45, 2.75) is 25.4 Å². The van der Waals surface area contributed by atoms with Crippen molar-refractivity contribution in [2.75, 3.05) is 0 Å². The quantitative estimate of drug-likeness (QED) is 0.784. The Morgan fingerprint density at radius 1 is 0.952 bits per heavy atom. The molecule has 0 aromatic heterocycles. The molecule has 0 N–H and O–H groups in total. The van der Waals surface area contributed by atoms with Crippen molar-refractivity contribution in [3.8, 4) is 5.75 Å². The number of benzene rings is 2. The SMILES string of the molecule is O=C1CC(Oc2ccccc2)CCC1=Cc1ccccc1. The van der Waals surface area contributed by atoms with Gasteiger partial charge >= 0.3 is 0 Å². The van der Waals surface area contributed by atoms with Crippen molar-refractivity contribution in [2.24, 2.45) is 0 Å². The molecule has 1 saturated carbocycles. The minimum absolute atomic E-state index is 0.00665. The van der Waals surface area contributed by atoms with Gasteiger partial charge in [-0.3, -0.25) is 4.79 Å². The Bertz CT molecular complexity index is 629. The van der Waals surface area contributed by atoms with E-state index in [-0.39, 0.29) is 11.9 Å². The van der Waals surface area contributed by atoms with Crippen LogP contribution >= 0.6 is 0 Å². The highest BCUT2D eigenvalue weighted by molar-refractivity contribution is 6.00. The Labute approximate surface area is 125 Å². The second-order valence-electron chi connectivity index (χ2n) is 5.30. The van der Waals surface area contributed by atoms with Crippen LogP contribution in [0.25, 0.3) is 6.08 Å². The van der Waals surface area contributed by atoms with Crippen LogP contribution in [0.3, 0.4) is 0 Å². The molecular formula is C19H18O2. The maximum absolute atomic E-state index is 12.3. The Morgan fingerprint density at radius 2 is 1.62 bits per heavy atom. The Hall–Kier alpha value is -2.35. The zero-order valence-electron chi connectivity index (χ0n) is 11.9. The van der Waals surface area contributed by atoms with E-state index in [0.717, 1.165) is 29.7 Å². The van der Waals surface area contributed by atoms with Gasteiger partial charge in [-0.15, -0.1) is 0 Å². The molecule has 1 unspecified atom stereocenters. The molecule has 0 spiro atoms. The first kappa shape index (κ1) is 13.6.